The maximum Gasteiger partial charge on any atom is 0.0541 e. The predicted molar refractivity (Wildman–Crippen MR) is 278 cm³/mol. The van der Waals surface area contributed by atoms with E-state index in [9.17, 15) is 0 Å². The van der Waals surface area contributed by atoms with E-state index in [1.807, 2.05) is 0 Å². The molecule has 0 N–H and O–H groups in total. The van der Waals surface area contributed by atoms with Gasteiger partial charge >= 0.3 is 0 Å². The Bertz CT molecular complexity index is 3720. The molecule has 0 radical (unpaired) electrons. The molecule has 306 valence electrons. The standard InChI is InChI=1S/C63H44N2/c1-63(2)57-37-43(21-19-41-25-33-61-55(35-41)53-15-7-9-17-59(53)64(61)49-29-27-45-11-3-5-13-47(45)39-49)23-31-51(57)52-32-24-44(38-58(52)63)22-20-42-26-34-62-56(36-42)54-16-8-10-18-60(54)65(62)50-30-28-46-12-4-6-14-48(46)40-50/h3-40H,1-2H3. The van der Waals surface area contributed by atoms with Gasteiger partial charge in [-0.05, 0) is 127 Å². The van der Waals surface area contributed by atoms with Gasteiger partial charge < -0.3 is 9.13 Å². The SMILES string of the molecule is CC1(C)c2cc(C=Cc3ccc4c(c3)c3ccccc3n4-c3ccc4ccccc4c3)ccc2-c2ccc(C=Cc3ccc4c(c3)c3ccccc3n4-c3ccc4ccccc4c3)cc21. The van der Waals surface area contributed by atoms with Crippen LogP contribution in [-0.2, 0) is 5.41 Å². The highest BCUT2D eigenvalue weighted by atomic mass is 15.0. The molecule has 0 spiro atoms. The van der Waals surface area contributed by atoms with Crippen LogP contribution in [0.4, 0.5) is 0 Å². The Labute approximate surface area is 378 Å². The van der Waals surface area contributed by atoms with Gasteiger partial charge in [-0.3, -0.25) is 0 Å². The number of aromatic nitrogens is 2. The lowest BCUT2D eigenvalue weighted by Crippen LogP contribution is -2.15. The van der Waals surface area contributed by atoms with Crippen LogP contribution in [0.5, 0.6) is 0 Å². The van der Waals surface area contributed by atoms with Crippen LogP contribution in [-0.4, -0.2) is 9.13 Å². The number of para-hydroxylation sites is 2. The number of hydrogen-bond donors (Lipinski definition) is 0. The molecule has 2 heterocycles. The number of nitrogens with zero attached hydrogens (tertiary/aromatic N) is 2. The smallest absolute Gasteiger partial charge is 0.0541 e. The van der Waals surface area contributed by atoms with Gasteiger partial charge in [0.2, 0.25) is 0 Å². The van der Waals surface area contributed by atoms with E-state index in [-0.39, 0.29) is 5.41 Å². The lowest BCUT2D eigenvalue weighted by molar-refractivity contribution is 0.660. The van der Waals surface area contributed by atoms with E-state index in [0.29, 0.717) is 0 Å². The summed E-state index contributed by atoms with van der Waals surface area (Å²) in [6, 6.07) is 76.0. The highest BCUT2D eigenvalue weighted by Crippen LogP contribution is 2.49. The molecule has 10 aromatic carbocycles. The normalized spacial score (nSPS) is 13.4. The quantitative estimate of drug-likeness (QED) is 0.148. The summed E-state index contributed by atoms with van der Waals surface area (Å²) in [5.41, 5.74) is 17.3. The van der Waals surface area contributed by atoms with Crippen LogP contribution in [0.15, 0.2) is 206 Å². The Kier molecular flexibility index (Phi) is 8.29. The Morgan fingerprint density at radius 3 is 1.14 bits per heavy atom. The summed E-state index contributed by atoms with van der Waals surface area (Å²) in [6.07, 6.45) is 9.07. The minimum atomic E-state index is -0.134. The molecular weight excluding hydrogens is 785 g/mol. The third-order valence-electron chi connectivity index (χ3n) is 14.0. The first-order valence-electron chi connectivity index (χ1n) is 22.7. The molecular formula is C63H44N2. The number of fused-ring (bicyclic) bond motifs is 11. The van der Waals surface area contributed by atoms with Crippen molar-refractivity contribution in [3.63, 3.8) is 0 Å². The van der Waals surface area contributed by atoms with Gasteiger partial charge in [-0.1, -0.05) is 184 Å². The average Bonchev–Trinajstić information content (AvgIpc) is 3.94. The van der Waals surface area contributed by atoms with Gasteiger partial charge in [-0.15, -0.1) is 0 Å². The second-order valence-corrected chi connectivity index (χ2v) is 18.2. The van der Waals surface area contributed by atoms with Crippen LogP contribution in [0.25, 0.3) is 112 Å². The highest BCUT2D eigenvalue weighted by molar-refractivity contribution is 6.11. The molecule has 0 saturated heterocycles. The van der Waals surface area contributed by atoms with Crippen molar-refractivity contribution in [2.75, 3.05) is 0 Å². The Balaban J connectivity index is 0.788. The van der Waals surface area contributed by atoms with E-state index in [0.717, 1.165) is 0 Å². The molecule has 0 atom stereocenters. The third-order valence-corrected chi connectivity index (χ3v) is 14.0. The van der Waals surface area contributed by atoms with Crippen molar-refractivity contribution in [1.29, 1.82) is 0 Å². The van der Waals surface area contributed by atoms with E-state index >= 15 is 0 Å². The molecule has 0 fully saturated rings. The molecule has 12 aromatic rings. The van der Waals surface area contributed by atoms with E-state index in [4.69, 9.17) is 0 Å². The molecule has 1 aliphatic carbocycles. The van der Waals surface area contributed by atoms with Crippen molar-refractivity contribution < 1.29 is 0 Å². The van der Waals surface area contributed by atoms with Gasteiger partial charge in [0.15, 0.2) is 0 Å². The van der Waals surface area contributed by atoms with E-state index < -0.39 is 0 Å². The van der Waals surface area contributed by atoms with Gasteiger partial charge in [0.05, 0.1) is 22.1 Å². The fraction of sp³-hybridized carbons (Fsp3) is 0.0476. The first-order valence-corrected chi connectivity index (χ1v) is 22.7. The van der Waals surface area contributed by atoms with Crippen molar-refractivity contribution in [3.8, 4) is 22.5 Å². The summed E-state index contributed by atoms with van der Waals surface area (Å²) in [7, 11) is 0. The zero-order chi connectivity index (χ0) is 43.2. The summed E-state index contributed by atoms with van der Waals surface area (Å²) < 4.78 is 4.80. The fourth-order valence-corrected chi connectivity index (χ4v) is 10.7. The van der Waals surface area contributed by atoms with E-state index in [2.05, 4.69) is 254 Å². The van der Waals surface area contributed by atoms with Crippen molar-refractivity contribution in [1.82, 2.24) is 9.13 Å². The molecule has 1 aliphatic rings. The largest absolute Gasteiger partial charge is 0.309 e. The minimum absolute atomic E-state index is 0.134. The Hall–Kier alpha value is -8.20. The summed E-state index contributed by atoms with van der Waals surface area (Å²) in [6.45, 7) is 4.74. The first kappa shape index (κ1) is 37.4. The number of benzene rings is 10. The van der Waals surface area contributed by atoms with Crippen LogP contribution >= 0.6 is 0 Å². The monoisotopic (exact) mass is 828 g/mol. The van der Waals surface area contributed by atoms with Gasteiger partial charge in [-0.2, -0.15) is 0 Å². The van der Waals surface area contributed by atoms with Crippen LogP contribution < -0.4 is 0 Å². The summed E-state index contributed by atoms with van der Waals surface area (Å²) in [4.78, 5) is 0. The van der Waals surface area contributed by atoms with Crippen LogP contribution in [0.2, 0.25) is 0 Å². The second kappa shape index (κ2) is 14.4. The minimum Gasteiger partial charge on any atom is -0.309 e. The van der Waals surface area contributed by atoms with Crippen molar-refractivity contribution in [3.05, 3.63) is 240 Å². The van der Waals surface area contributed by atoms with Crippen molar-refractivity contribution in [2.45, 2.75) is 19.3 Å². The zero-order valence-corrected chi connectivity index (χ0v) is 36.3. The molecule has 13 rings (SSSR count). The fourth-order valence-electron chi connectivity index (χ4n) is 10.7. The zero-order valence-electron chi connectivity index (χ0n) is 36.3. The van der Waals surface area contributed by atoms with Gasteiger partial charge in [0.25, 0.3) is 0 Å². The van der Waals surface area contributed by atoms with E-state index in [1.54, 1.807) is 0 Å². The lowest BCUT2D eigenvalue weighted by atomic mass is 9.81. The summed E-state index contributed by atoms with van der Waals surface area (Å²) in [5.74, 6) is 0. The molecule has 2 nitrogen and oxygen atoms in total. The summed E-state index contributed by atoms with van der Waals surface area (Å²) in [5, 5.41) is 10.1. The number of hydrogen-bond acceptors (Lipinski definition) is 0. The van der Waals surface area contributed by atoms with Gasteiger partial charge in [0.1, 0.15) is 0 Å². The van der Waals surface area contributed by atoms with Crippen molar-refractivity contribution >= 4 is 89.5 Å². The maximum atomic E-state index is 2.40. The first-order chi connectivity index (χ1) is 31.9. The van der Waals surface area contributed by atoms with Gasteiger partial charge in [-0.25, -0.2) is 0 Å². The van der Waals surface area contributed by atoms with Crippen LogP contribution in [0.3, 0.4) is 0 Å². The Morgan fingerprint density at radius 1 is 0.308 bits per heavy atom. The second-order valence-electron chi connectivity index (χ2n) is 18.2. The molecule has 0 amide bonds. The lowest BCUT2D eigenvalue weighted by Gasteiger charge is -2.22. The van der Waals surface area contributed by atoms with Crippen LogP contribution in [0.1, 0.15) is 47.2 Å². The van der Waals surface area contributed by atoms with Crippen LogP contribution in [0, 0.1) is 0 Å². The molecule has 0 bridgehead atoms. The molecule has 0 unspecified atom stereocenters. The van der Waals surface area contributed by atoms with E-state index in [1.165, 1.54) is 121 Å². The predicted octanol–water partition coefficient (Wildman–Crippen LogP) is 16.8. The third kappa shape index (κ3) is 6.02. The summed E-state index contributed by atoms with van der Waals surface area (Å²) >= 11 is 0. The van der Waals surface area contributed by atoms with Crippen molar-refractivity contribution in [2.24, 2.45) is 0 Å². The molecule has 0 saturated carbocycles. The maximum absolute atomic E-state index is 2.40. The molecule has 2 heteroatoms. The van der Waals surface area contributed by atoms with Gasteiger partial charge in [0, 0.05) is 38.3 Å². The average molecular weight is 829 g/mol. The molecule has 2 aromatic heterocycles. The molecule has 65 heavy (non-hydrogen) atoms. The topological polar surface area (TPSA) is 9.86 Å². The molecule has 0 aliphatic heterocycles. The number of rotatable bonds is 6. The Morgan fingerprint density at radius 2 is 0.677 bits per heavy atom. The highest BCUT2D eigenvalue weighted by Gasteiger charge is 2.35.